The van der Waals surface area contributed by atoms with Crippen LogP contribution in [0.2, 0.25) is 5.02 Å². The lowest BCUT2D eigenvalue weighted by atomic mass is 10.1. The molecule has 0 unspecified atom stereocenters. The minimum Gasteiger partial charge on any atom is -0.310 e. The van der Waals surface area contributed by atoms with E-state index in [1.165, 1.54) is 11.1 Å². The molecule has 0 bridgehead atoms. The number of aromatic amines is 1. The molecular weight excluding hydrogens is 336 g/mol. The fourth-order valence-electron chi connectivity index (χ4n) is 3.05. The Hall–Kier alpha value is -2.66. The molecule has 0 saturated heterocycles. The van der Waals surface area contributed by atoms with Gasteiger partial charge in [0.05, 0.1) is 16.6 Å². The number of fused-ring (bicyclic) bond motifs is 2. The average molecular weight is 353 g/mol. The summed E-state index contributed by atoms with van der Waals surface area (Å²) in [6, 6.07) is 5.52. The Balaban J connectivity index is 1.79. The van der Waals surface area contributed by atoms with Crippen LogP contribution in [0.5, 0.6) is 0 Å². The number of aryl methyl sites for hydroxylation is 3. The molecule has 4 rings (SSSR count). The van der Waals surface area contributed by atoms with Gasteiger partial charge in [-0.3, -0.25) is 4.79 Å². The minimum absolute atomic E-state index is 0.180. The van der Waals surface area contributed by atoms with Crippen LogP contribution in [0.1, 0.15) is 28.2 Å². The van der Waals surface area contributed by atoms with Crippen molar-refractivity contribution in [2.45, 2.75) is 27.2 Å². The van der Waals surface area contributed by atoms with Gasteiger partial charge >= 0.3 is 0 Å². The first-order valence-corrected chi connectivity index (χ1v) is 8.42. The van der Waals surface area contributed by atoms with Crippen molar-refractivity contribution in [2.75, 3.05) is 0 Å². The van der Waals surface area contributed by atoms with Crippen molar-refractivity contribution in [3.8, 4) is 0 Å². The van der Waals surface area contributed by atoms with Gasteiger partial charge in [-0.1, -0.05) is 11.6 Å². The summed E-state index contributed by atoms with van der Waals surface area (Å²) in [6.45, 7) is 6.05. The predicted molar refractivity (Wildman–Crippen MR) is 99.6 cm³/mol. The number of rotatable bonds is 2. The first-order chi connectivity index (χ1) is 11.9. The topological polar surface area (TPSA) is 63.0 Å². The van der Waals surface area contributed by atoms with Gasteiger partial charge < -0.3 is 9.38 Å². The molecule has 0 amide bonds. The molecule has 0 spiro atoms. The smallest absolute Gasteiger partial charge is 0.258 e. The number of pyridine rings is 1. The van der Waals surface area contributed by atoms with Gasteiger partial charge in [0.1, 0.15) is 11.5 Å². The second kappa shape index (κ2) is 5.70. The molecule has 1 aromatic carbocycles. The van der Waals surface area contributed by atoms with Crippen LogP contribution in [0.25, 0.3) is 16.6 Å². The Morgan fingerprint density at radius 2 is 1.84 bits per heavy atom. The molecule has 0 aliphatic carbocycles. The summed E-state index contributed by atoms with van der Waals surface area (Å²) in [7, 11) is 0. The van der Waals surface area contributed by atoms with E-state index in [9.17, 15) is 4.79 Å². The molecule has 25 heavy (non-hydrogen) atoms. The van der Waals surface area contributed by atoms with Crippen LogP contribution in [-0.2, 0) is 6.42 Å². The Bertz CT molecular complexity index is 1150. The molecule has 4 aromatic rings. The SMILES string of the molecule is Cc1cc2nc(Cc3nc4c(C)cc(Cl)cc4c(=O)[nH]3)cn2cc1C. The lowest BCUT2D eigenvalue weighted by Crippen LogP contribution is -2.13. The Kier molecular flexibility index (Phi) is 3.62. The highest BCUT2D eigenvalue weighted by atomic mass is 35.5. The van der Waals surface area contributed by atoms with E-state index in [0.717, 1.165) is 16.9 Å². The standard InChI is InChI=1S/C19H17ClN4O/c1-10-5-17-21-14(9-24(17)8-12(10)3)7-16-22-18-11(2)4-13(20)6-15(18)19(25)23-16/h4-6,8-9H,7H2,1-3H3,(H,22,23,25). The molecule has 0 saturated carbocycles. The quantitative estimate of drug-likeness (QED) is 0.597. The van der Waals surface area contributed by atoms with Crippen LogP contribution in [0, 0.1) is 20.8 Å². The van der Waals surface area contributed by atoms with E-state index in [1.54, 1.807) is 6.07 Å². The number of hydrogen-bond donors (Lipinski definition) is 1. The number of hydrogen-bond acceptors (Lipinski definition) is 3. The van der Waals surface area contributed by atoms with Crippen molar-refractivity contribution in [1.29, 1.82) is 0 Å². The highest BCUT2D eigenvalue weighted by molar-refractivity contribution is 6.31. The number of imidazole rings is 1. The molecule has 0 atom stereocenters. The molecule has 5 nitrogen and oxygen atoms in total. The zero-order valence-corrected chi connectivity index (χ0v) is 15.0. The number of H-pyrrole nitrogens is 1. The predicted octanol–water partition coefficient (Wildman–Crippen LogP) is 3.74. The zero-order valence-electron chi connectivity index (χ0n) is 14.2. The fraction of sp³-hybridized carbons (Fsp3) is 0.211. The first kappa shape index (κ1) is 15.8. The maximum absolute atomic E-state index is 12.4. The van der Waals surface area contributed by atoms with E-state index in [-0.39, 0.29) is 5.56 Å². The highest BCUT2D eigenvalue weighted by Gasteiger charge is 2.10. The maximum Gasteiger partial charge on any atom is 0.258 e. The minimum atomic E-state index is -0.180. The summed E-state index contributed by atoms with van der Waals surface area (Å²) in [5.41, 5.74) is 5.55. The van der Waals surface area contributed by atoms with Crippen LogP contribution in [0.15, 0.2) is 35.4 Å². The van der Waals surface area contributed by atoms with Crippen molar-refractivity contribution in [2.24, 2.45) is 0 Å². The summed E-state index contributed by atoms with van der Waals surface area (Å²) in [6.07, 6.45) is 4.50. The molecule has 1 N–H and O–H groups in total. The summed E-state index contributed by atoms with van der Waals surface area (Å²) in [4.78, 5) is 24.5. The van der Waals surface area contributed by atoms with Crippen LogP contribution in [0.3, 0.4) is 0 Å². The van der Waals surface area contributed by atoms with Gasteiger partial charge in [-0.25, -0.2) is 9.97 Å². The Morgan fingerprint density at radius 1 is 1.04 bits per heavy atom. The number of nitrogens with zero attached hydrogens (tertiary/aromatic N) is 3. The maximum atomic E-state index is 12.4. The number of halogens is 1. The summed E-state index contributed by atoms with van der Waals surface area (Å²) >= 11 is 6.04. The van der Waals surface area contributed by atoms with E-state index in [0.29, 0.717) is 28.2 Å². The van der Waals surface area contributed by atoms with Crippen molar-refractivity contribution >= 4 is 28.2 Å². The molecular formula is C19H17ClN4O. The van der Waals surface area contributed by atoms with Gasteiger partial charge in [0.25, 0.3) is 5.56 Å². The van der Waals surface area contributed by atoms with Gasteiger partial charge in [-0.05, 0) is 55.7 Å². The van der Waals surface area contributed by atoms with Crippen LogP contribution in [-0.4, -0.2) is 19.4 Å². The van der Waals surface area contributed by atoms with Gasteiger partial charge in [0.15, 0.2) is 0 Å². The normalized spacial score (nSPS) is 11.5. The van der Waals surface area contributed by atoms with Gasteiger partial charge in [-0.15, -0.1) is 0 Å². The third kappa shape index (κ3) is 2.81. The van der Waals surface area contributed by atoms with E-state index >= 15 is 0 Å². The van der Waals surface area contributed by atoms with E-state index in [2.05, 4.69) is 41.1 Å². The molecule has 3 aromatic heterocycles. The monoisotopic (exact) mass is 352 g/mol. The Morgan fingerprint density at radius 3 is 2.64 bits per heavy atom. The van der Waals surface area contributed by atoms with Crippen molar-refractivity contribution in [3.05, 3.63) is 74.2 Å². The second-order valence-electron chi connectivity index (χ2n) is 6.45. The van der Waals surface area contributed by atoms with Crippen molar-refractivity contribution in [1.82, 2.24) is 19.4 Å². The molecule has 3 heterocycles. The van der Waals surface area contributed by atoms with Crippen molar-refractivity contribution < 1.29 is 0 Å². The van der Waals surface area contributed by atoms with Crippen LogP contribution < -0.4 is 5.56 Å². The van der Waals surface area contributed by atoms with E-state index < -0.39 is 0 Å². The summed E-state index contributed by atoms with van der Waals surface area (Å²) < 4.78 is 2.00. The van der Waals surface area contributed by atoms with Crippen LogP contribution in [0.4, 0.5) is 0 Å². The third-order valence-corrected chi connectivity index (χ3v) is 4.69. The number of nitrogens with one attached hydrogen (secondary N) is 1. The third-order valence-electron chi connectivity index (χ3n) is 4.47. The summed E-state index contributed by atoms with van der Waals surface area (Å²) in [5.74, 6) is 0.597. The highest BCUT2D eigenvalue weighted by Crippen LogP contribution is 2.20. The number of benzene rings is 1. The molecule has 126 valence electrons. The molecule has 0 fully saturated rings. The van der Waals surface area contributed by atoms with E-state index in [1.807, 2.05) is 23.6 Å². The lowest BCUT2D eigenvalue weighted by Gasteiger charge is -2.05. The average Bonchev–Trinajstić information content (AvgIpc) is 2.90. The van der Waals surface area contributed by atoms with Gasteiger partial charge in [0.2, 0.25) is 0 Å². The largest absolute Gasteiger partial charge is 0.310 e. The van der Waals surface area contributed by atoms with Gasteiger partial charge in [0, 0.05) is 23.8 Å². The number of aromatic nitrogens is 4. The van der Waals surface area contributed by atoms with Crippen LogP contribution >= 0.6 is 11.6 Å². The summed E-state index contributed by atoms with van der Waals surface area (Å²) in [5, 5.41) is 1.05. The first-order valence-electron chi connectivity index (χ1n) is 8.04. The molecule has 0 radical (unpaired) electrons. The molecule has 0 aliphatic heterocycles. The Labute approximate surface area is 149 Å². The van der Waals surface area contributed by atoms with E-state index in [4.69, 9.17) is 11.6 Å². The lowest BCUT2D eigenvalue weighted by molar-refractivity contribution is 0.948. The molecule has 6 heteroatoms. The van der Waals surface area contributed by atoms with Gasteiger partial charge in [-0.2, -0.15) is 0 Å². The van der Waals surface area contributed by atoms with Crippen molar-refractivity contribution in [3.63, 3.8) is 0 Å². The molecule has 0 aliphatic rings. The second-order valence-corrected chi connectivity index (χ2v) is 6.88. The fourth-order valence-corrected chi connectivity index (χ4v) is 3.32. The zero-order chi connectivity index (χ0) is 17.7.